The van der Waals surface area contributed by atoms with Crippen molar-refractivity contribution in [3.05, 3.63) is 70.3 Å². The molecular formula is C27H26F3NO5. The fraction of sp³-hybridized carbons (Fsp3) is 0.370. The van der Waals surface area contributed by atoms with E-state index in [-0.39, 0.29) is 18.5 Å². The minimum atomic E-state index is -4.51. The number of alkyl halides is 3. The largest absolute Gasteiger partial charge is 0.490 e. The monoisotopic (exact) mass is 501 g/mol. The van der Waals surface area contributed by atoms with Gasteiger partial charge in [-0.25, -0.2) is 4.79 Å². The van der Waals surface area contributed by atoms with Gasteiger partial charge in [-0.15, -0.1) is 0 Å². The Morgan fingerprint density at radius 1 is 1.17 bits per heavy atom. The van der Waals surface area contributed by atoms with E-state index in [2.05, 4.69) is 4.90 Å². The van der Waals surface area contributed by atoms with Crippen molar-refractivity contribution in [2.24, 2.45) is 0 Å². The van der Waals surface area contributed by atoms with Gasteiger partial charge >= 0.3 is 12.1 Å². The van der Waals surface area contributed by atoms with Gasteiger partial charge in [-0.3, -0.25) is 4.90 Å². The highest BCUT2D eigenvalue weighted by molar-refractivity contribution is 5.87. The van der Waals surface area contributed by atoms with Gasteiger partial charge in [-0.2, -0.15) is 13.2 Å². The lowest BCUT2D eigenvalue weighted by molar-refractivity contribution is -0.139. The third-order valence-electron chi connectivity index (χ3n) is 6.26. The molecule has 0 aromatic heterocycles. The van der Waals surface area contributed by atoms with Gasteiger partial charge in [-0.05, 0) is 60.7 Å². The molecule has 2 aromatic rings. The Kier molecular flexibility index (Phi) is 6.66. The van der Waals surface area contributed by atoms with Crippen LogP contribution in [0, 0.1) is 0 Å². The highest BCUT2D eigenvalue weighted by Gasteiger charge is 2.36. The second-order valence-electron chi connectivity index (χ2n) is 9.26. The number of hydrogen-bond acceptors (Lipinski definition) is 5. The first-order valence-electron chi connectivity index (χ1n) is 11.8. The number of carbonyl (C=O) groups is 1. The molecule has 36 heavy (non-hydrogen) atoms. The third-order valence-corrected chi connectivity index (χ3v) is 6.26. The summed E-state index contributed by atoms with van der Waals surface area (Å²) in [5.41, 5.74) is 1.92. The van der Waals surface area contributed by atoms with Crippen LogP contribution in [-0.4, -0.2) is 48.3 Å². The molecule has 2 aliphatic heterocycles. The van der Waals surface area contributed by atoms with Crippen LogP contribution in [0.5, 0.6) is 17.2 Å². The van der Waals surface area contributed by atoms with Gasteiger partial charge in [0.15, 0.2) is 0 Å². The first-order valence-corrected chi connectivity index (χ1v) is 11.8. The van der Waals surface area contributed by atoms with Gasteiger partial charge in [0, 0.05) is 36.8 Å². The highest BCUT2D eigenvalue weighted by Crippen LogP contribution is 2.39. The number of ether oxygens (including phenoxy) is 3. The van der Waals surface area contributed by atoms with E-state index < -0.39 is 17.7 Å². The van der Waals surface area contributed by atoms with Crippen LogP contribution in [0.4, 0.5) is 13.2 Å². The second-order valence-corrected chi connectivity index (χ2v) is 9.26. The smallest absolute Gasteiger partial charge is 0.419 e. The molecule has 2 heterocycles. The average Bonchev–Trinajstić information content (AvgIpc) is 3.67. The van der Waals surface area contributed by atoms with Crippen LogP contribution in [-0.2, 0) is 17.6 Å². The highest BCUT2D eigenvalue weighted by atomic mass is 19.4. The molecule has 0 atom stereocenters. The lowest BCUT2D eigenvalue weighted by atomic mass is 10.0. The summed E-state index contributed by atoms with van der Waals surface area (Å²) >= 11 is 0. The standard InChI is InChI=1S/C27H26F3NO5/c28-27(29,30)23-11-17(3-8-24(23)36-21-6-7-21)15-34-22-5-4-19-10-18(16-35-25(19)12-22)13-31-9-1-2-20(14-31)26(32)33/h2-5,8,10-12,21H,1,6-7,9,13-16H2,(H,32,33). The zero-order valence-electron chi connectivity index (χ0n) is 19.5. The summed E-state index contributed by atoms with van der Waals surface area (Å²) < 4.78 is 57.6. The van der Waals surface area contributed by atoms with Gasteiger partial charge < -0.3 is 19.3 Å². The van der Waals surface area contributed by atoms with Crippen molar-refractivity contribution in [3.8, 4) is 17.2 Å². The van der Waals surface area contributed by atoms with Crippen LogP contribution in [0.3, 0.4) is 0 Å². The second kappa shape index (κ2) is 9.89. The topological polar surface area (TPSA) is 68.2 Å². The number of nitrogens with zero attached hydrogens (tertiary/aromatic N) is 1. The fourth-order valence-electron chi connectivity index (χ4n) is 4.28. The van der Waals surface area contributed by atoms with E-state index in [0.29, 0.717) is 48.8 Å². The van der Waals surface area contributed by atoms with E-state index in [1.807, 2.05) is 12.1 Å². The zero-order chi connectivity index (χ0) is 25.3. The zero-order valence-corrected chi connectivity index (χ0v) is 19.5. The molecule has 190 valence electrons. The Bertz CT molecular complexity index is 1220. The molecule has 0 amide bonds. The number of carboxylic acids is 1. The van der Waals surface area contributed by atoms with E-state index >= 15 is 0 Å². The van der Waals surface area contributed by atoms with Crippen LogP contribution in [0.15, 0.2) is 53.6 Å². The molecule has 9 heteroatoms. The van der Waals surface area contributed by atoms with Crippen LogP contribution in [0.25, 0.3) is 6.08 Å². The summed E-state index contributed by atoms with van der Waals surface area (Å²) in [6, 6.07) is 9.35. The van der Waals surface area contributed by atoms with Crippen molar-refractivity contribution in [1.82, 2.24) is 4.90 Å². The molecule has 3 aliphatic rings. The van der Waals surface area contributed by atoms with E-state index in [1.165, 1.54) is 6.07 Å². The van der Waals surface area contributed by atoms with Crippen LogP contribution >= 0.6 is 0 Å². The lowest BCUT2D eigenvalue weighted by Crippen LogP contribution is -2.34. The Labute approximate surface area is 206 Å². The van der Waals surface area contributed by atoms with Crippen LogP contribution in [0.2, 0.25) is 0 Å². The number of fused-ring (bicyclic) bond motifs is 1. The van der Waals surface area contributed by atoms with Gasteiger partial charge in [0.1, 0.15) is 30.5 Å². The normalized spacial score (nSPS) is 18.0. The quantitative estimate of drug-likeness (QED) is 0.528. The number of aliphatic carboxylic acids is 1. The Morgan fingerprint density at radius 3 is 2.75 bits per heavy atom. The molecule has 1 aliphatic carbocycles. The average molecular weight is 502 g/mol. The van der Waals surface area contributed by atoms with Gasteiger partial charge in [0.05, 0.1) is 11.7 Å². The molecule has 0 spiro atoms. The number of benzene rings is 2. The summed E-state index contributed by atoms with van der Waals surface area (Å²) in [5, 5.41) is 9.23. The van der Waals surface area contributed by atoms with Gasteiger partial charge in [0.2, 0.25) is 0 Å². The number of rotatable bonds is 8. The van der Waals surface area contributed by atoms with Crippen molar-refractivity contribution >= 4 is 12.0 Å². The van der Waals surface area contributed by atoms with E-state index in [9.17, 15) is 23.1 Å². The number of halogens is 3. The first-order chi connectivity index (χ1) is 17.2. The predicted octanol–water partition coefficient (Wildman–Crippen LogP) is 5.32. The maximum atomic E-state index is 13.5. The maximum Gasteiger partial charge on any atom is 0.419 e. The summed E-state index contributed by atoms with van der Waals surface area (Å²) in [7, 11) is 0. The van der Waals surface area contributed by atoms with E-state index in [1.54, 1.807) is 24.3 Å². The molecule has 0 saturated heterocycles. The summed E-state index contributed by atoms with van der Waals surface area (Å²) in [6.07, 6.45) is 1.41. The molecule has 0 unspecified atom stereocenters. The molecule has 0 radical (unpaired) electrons. The fourth-order valence-corrected chi connectivity index (χ4v) is 4.28. The summed E-state index contributed by atoms with van der Waals surface area (Å²) in [5.74, 6) is 0.0943. The molecule has 6 nitrogen and oxygen atoms in total. The minimum absolute atomic E-state index is 0.0267. The molecule has 1 fully saturated rings. The lowest BCUT2D eigenvalue weighted by Gasteiger charge is -2.28. The Balaban J connectivity index is 1.22. The third kappa shape index (κ3) is 5.84. The van der Waals surface area contributed by atoms with Crippen molar-refractivity contribution < 1.29 is 37.3 Å². The molecule has 0 bridgehead atoms. The van der Waals surface area contributed by atoms with Crippen LogP contribution in [0.1, 0.15) is 36.0 Å². The predicted molar refractivity (Wildman–Crippen MR) is 126 cm³/mol. The molecule has 1 N–H and O–H groups in total. The van der Waals surface area contributed by atoms with Gasteiger partial charge in [0.25, 0.3) is 0 Å². The molecule has 5 rings (SSSR count). The van der Waals surface area contributed by atoms with Crippen molar-refractivity contribution in [1.29, 1.82) is 0 Å². The van der Waals surface area contributed by atoms with E-state index in [4.69, 9.17) is 14.2 Å². The summed E-state index contributed by atoms with van der Waals surface area (Å²) in [4.78, 5) is 13.3. The number of hydrogen-bond donors (Lipinski definition) is 1. The Morgan fingerprint density at radius 2 is 2.00 bits per heavy atom. The summed E-state index contributed by atoms with van der Waals surface area (Å²) in [6.45, 7) is 2.15. The van der Waals surface area contributed by atoms with Crippen molar-refractivity contribution in [3.63, 3.8) is 0 Å². The number of carboxylic acid groups (broad SMARTS) is 1. The van der Waals surface area contributed by atoms with E-state index in [0.717, 1.165) is 36.6 Å². The molecular weight excluding hydrogens is 475 g/mol. The van der Waals surface area contributed by atoms with Crippen molar-refractivity contribution in [2.45, 2.75) is 38.1 Å². The molecule has 2 aromatic carbocycles. The Hall–Kier alpha value is -3.46. The minimum Gasteiger partial charge on any atom is -0.490 e. The van der Waals surface area contributed by atoms with Crippen LogP contribution < -0.4 is 14.2 Å². The maximum absolute atomic E-state index is 13.5. The molecule has 1 saturated carbocycles. The van der Waals surface area contributed by atoms with Gasteiger partial charge in [-0.1, -0.05) is 12.1 Å². The van der Waals surface area contributed by atoms with Crippen molar-refractivity contribution in [2.75, 3.05) is 26.2 Å². The first kappa shape index (κ1) is 24.2. The SMILES string of the molecule is O=C(O)C1=CCCN(CC2=Cc3ccc(OCc4ccc(OC5CC5)c(C(F)(F)F)c4)cc3OC2)C1.